The summed E-state index contributed by atoms with van der Waals surface area (Å²) in [7, 11) is 0. The summed E-state index contributed by atoms with van der Waals surface area (Å²) in [5, 5.41) is 0. The van der Waals surface area contributed by atoms with E-state index >= 15 is 0 Å². The second kappa shape index (κ2) is 7.24. The van der Waals surface area contributed by atoms with Gasteiger partial charge in [-0.2, -0.15) is 0 Å². The first-order valence-corrected chi connectivity index (χ1v) is 9.04. The van der Waals surface area contributed by atoms with Crippen molar-refractivity contribution in [2.45, 2.75) is 19.3 Å². The monoisotopic (exact) mass is 372 g/mol. The van der Waals surface area contributed by atoms with Crippen LogP contribution in [0.2, 0.25) is 0 Å². The van der Waals surface area contributed by atoms with Crippen LogP contribution < -0.4 is 9.47 Å². The minimum absolute atomic E-state index is 0.304. The van der Waals surface area contributed by atoms with Crippen LogP contribution in [0.5, 0.6) is 11.5 Å². The molecule has 0 bridgehead atoms. The van der Waals surface area contributed by atoms with Gasteiger partial charge in [-0.25, -0.2) is 4.79 Å². The van der Waals surface area contributed by atoms with Gasteiger partial charge in [0.1, 0.15) is 23.7 Å². The number of esters is 1. The van der Waals surface area contributed by atoms with E-state index in [1.807, 2.05) is 54.6 Å². The van der Waals surface area contributed by atoms with Crippen molar-refractivity contribution in [2.24, 2.45) is 0 Å². The van der Waals surface area contributed by atoms with Crippen molar-refractivity contribution in [3.05, 3.63) is 102 Å². The summed E-state index contributed by atoms with van der Waals surface area (Å²) in [6.45, 7) is 5.81. The highest BCUT2D eigenvalue weighted by Crippen LogP contribution is 2.41. The van der Waals surface area contributed by atoms with Crippen LogP contribution in [0, 0.1) is 0 Å². The van der Waals surface area contributed by atoms with Crippen LogP contribution in [0.3, 0.4) is 0 Å². The van der Waals surface area contributed by atoms with Crippen molar-refractivity contribution in [1.29, 1.82) is 0 Å². The lowest BCUT2D eigenvalue weighted by Crippen LogP contribution is -2.39. The van der Waals surface area contributed by atoms with Crippen molar-refractivity contribution >= 4 is 12.0 Å². The minimum atomic E-state index is -1.18. The standard InChI is InChI=1S/C24H20O4/c1-3-17-12-14-18(15-13-17)16-26-20-10-7-11-21-22(20)23(25)28-24(2,27-21)19-8-5-4-6-9-19/h3-15H,1,16H2,2H3. The van der Waals surface area contributed by atoms with Gasteiger partial charge >= 0.3 is 5.97 Å². The molecular weight excluding hydrogens is 352 g/mol. The molecule has 4 heteroatoms. The Morgan fingerprint density at radius 3 is 2.43 bits per heavy atom. The molecule has 3 aromatic rings. The van der Waals surface area contributed by atoms with Crippen LogP contribution in [0.25, 0.3) is 6.08 Å². The van der Waals surface area contributed by atoms with Gasteiger partial charge in [0.05, 0.1) is 0 Å². The van der Waals surface area contributed by atoms with Crippen molar-refractivity contribution < 1.29 is 19.0 Å². The van der Waals surface area contributed by atoms with Gasteiger partial charge in [-0.15, -0.1) is 0 Å². The molecule has 0 amide bonds. The topological polar surface area (TPSA) is 44.8 Å². The number of carbonyl (C=O) groups excluding carboxylic acids is 1. The zero-order valence-electron chi connectivity index (χ0n) is 15.6. The number of fused-ring (bicyclic) bond motifs is 1. The van der Waals surface area contributed by atoms with Crippen LogP contribution in [-0.2, 0) is 17.1 Å². The number of carbonyl (C=O) groups is 1. The van der Waals surface area contributed by atoms with Crippen LogP contribution in [0.1, 0.15) is 34.0 Å². The number of benzene rings is 3. The molecule has 28 heavy (non-hydrogen) atoms. The average molecular weight is 372 g/mol. The molecule has 1 aliphatic rings. The maximum atomic E-state index is 12.8. The Morgan fingerprint density at radius 2 is 1.71 bits per heavy atom. The molecule has 0 aromatic heterocycles. The van der Waals surface area contributed by atoms with E-state index in [-0.39, 0.29) is 0 Å². The van der Waals surface area contributed by atoms with E-state index in [1.165, 1.54) is 0 Å². The molecule has 1 unspecified atom stereocenters. The highest BCUT2D eigenvalue weighted by molar-refractivity contribution is 5.96. The van der Waals surface area contributed by atoms with Crippen molar-refractivity contribution in [3.63, 3.8) is 0 Å². The van der Waals surface area contributed by atoms with E-state index < -0.39 is 11.8 Å². The molecule has 0 saturated carbocycles. The van der Waals surface area contributed by atoms with Crippen molar-refractivity contribution in [3.8, 4) is 11.5 Å². The van der Waals surface area contributed by atoms with Gasteiger partial charge < -0.3 is 14.2 Å². The lowest BCUT2D eigenvalue weighted by Gasteiger charge is -2.35. The maximum Gasteiger partial charge on any atom is 0.349 e. The first-order valence-electron chi connectivity index (χ1n) is 9.04. The summed E-state index contributed by atoms with van der Waals surface area (Å²) in [6, 6.07) is 22.6. The van der Waals surface area contributed by atoms with Gasteiger partial charge in [0.15, 0.2) is 0 Å². The van der Waals surface area contributed by atoms with Crippen LogP contribution >= 0.6 is 0 Å². The molecule has 4 rings (SSSR count). The van der Waals surface area contributed by atoms with E-state index in [4.69, 9.17) is 14.2 Å². The van der Waals surface area contributed by atoms with Gasteiger partial charge in [0, 0.05) is 12.5 Å². The Bertz CT molecular complexity index is 1010. The van der Waals surface area contributed by atoms with E-state index in [1.54, 1.807) is 31.2 Å². The van der Waals surface area contributed by atoms with Crippen LogP contribution in [-0.4, -0.2) is 5.97 Å². The molecule has 1 aliphatic heterocycles. The Hall–Kier alpha value is -3.53. The summed E-state index contributed by atoms with van der Waals surface area (Å²) in [5.41, 5.74) is 3.10. The fourth-order valence-electron chi connectivity index (χ4n) is 3.15. The first-order chi connectivity index (χ1) is 13.6. The lowest BCUT2D eigenvalue weighted by atomic mass is 10.0. The Balaban J connectivity index is 1.59. The number of rotatable bonds is 5. The SMILES string of the molecule is C=Cc1ccc(COc2cccc3c2C(=O)OC(C)(c2ccccc2)O3)cc1. The number of ether oxygens (including phenoxy) is 3. The fraction of sp³-hybridized carbons (Fsp3) is 0.125. The minimum Gasteiger partial charge on any atom is -0.488 e. The Labute approximate surface area is 164 Å². The quantitative estimate of drug-likeness (QED) is 0.568. The first kappa shape index (κ1) is 17.9. The fourth-order valence-corrected chi connectivity index (χ4v) is 3.15. The summed E-state index contributed by atoms with van der Waals surface area (Å²) in [4.78, 5) is 12.8. The predicted molar refractivity (Wildman–Crippen MR) is 107 cm³/mol. The third-order valence-corrected chi connectivity index (χ3v) is 4.69. The summed E-state index contributed by atoms with van der Waals surface area (Å²) >= 11 is 0. The highest BCUT2D eigenvalue weighted by atomic mass is 16.7. The van der Waals surface area contributed by atoms with Crippen LogP contribution in [0.15, 0.2) is 79.4 Å². The third kappa shape index (κ3) is 3.37. The lowest BCUT2D eigenvalue weighted by molar-refractivity contribution is -0.148. The molecule has 0 spiro atoms. The molecular formula is C24H20O4. The van der Waals surface area contributed by atoms with E-state index in [2.05, 4.69) is 6.58 Å². The van der Waals surface area contributed by atoms with Crippen molar-refractivity contribution in [1.82, 2.24) is 0 Å². The van der Waals surface area contributed by atoms with Gasteiger partial charge in [0.25, 0.3) is 5.79 Å². The summed E-state index contributed by atoms with van der Waals surface area (Å²) < 4.78 is 17.6. The van der Waals surface area contributed by atoms with Gasteiger partial charge in [0.2, 0.25) is 0 Å². The van der Waals surface area contributed by atoms with Gasteiger partial charge in [-0.05, 0) is 23.3 Å². The van der Waals surface area contributed by atoms with Crippen LogP contribution in [0.4, 0.5) is 0 Å². The average Bonchev–Trinajstić information content (AvgIpc) is 2.73. The molecule has 1 heterocycles. The molecule has 0 N–H and O–H groups in total. The predicted octanol–water partition coefficient (Wildman–Crippen LogP) is 5.33. The number of hydrogen-bond acceptors (Lipinski definition) is 4. The molecule has 1 atom stereocenters. The maximum absolute atomic E-state index is 12.8. The molecule has 0 radical (unpaired) electrons. The molecule has 0 aliphatic carbocycles. The van der Waals surface area contributed by atoms with Gasteiger partial charge in [-0.3, -0.25) is 0 Å². The van der Waals surface area contributed by atoms with Gasteiger partial charge in [-0.1, -0.05) is 73.3 Å². The zero-order chi connectivity index (χ0) is 19.6. The normalized spacial score (nSPS) is 17.8. The number of hydrogen-bond donors (Lipinski definition) is 0. The third-order valence-electron chi connectivity index (χ3n) is 4.69. The van der Waals surface area contributed by atoms with E-state index in [0.717, 1.165) is 16.7 Å². The molecule has 0 saturated heterocycles. The highest BCUT2D eigenvalue weighted by Gasteiger charge is 2.41. The summed E-state index contributed by atoms with van der Waals surface area (Å²) in [6.07, 6.45) is 1.79. The second-order valence-electron chi connectivity index (χ2n) is 6.67. The smallest absolute Gasteiger partial charge is 0.349 e. The molecule has 3 aromatic carbocycles. The molecule has 140 valence electrons. The zero-order valence-corrected chi connectivity index (χ0v) is 15.6. The largest absolute Gasteiger partial charge is 0.488 e. The van der Waals surface area contributed by atoms with E-state index in [0.29, 0.717) is 23.7 Å². The number of cyclic esters (lactones) is 1. The Morgan fingerprint density at radius 1 is 0.964 bits per heavy atom. The Kier molecular flexibility index (Phi) is 4.62. The van der Waals surface area contributed by atoms with E-state index in [9.17, 15) is 4.79 Å². The second-order valence-corrected chi connectivity index (χ2v) is 6.67. The van der Waals surface area contributed by atoms with Crippen molar-refractivity contribution in [2.75, 3.05) is 0 Å². The summed E-state index contributed by atoms with van der Waals surface area (Å²) in [5.74, 6) is -0.762. The molecule has 4 nitrogen and oxygen atoms in total. The molecule has 0 fully saturated rings.